The van der Waals surface area contributed by atoms with E-state index < -0.39 is 20.0 Å². The number of hydrogen-bond donors (Lipinski definition) is 3. The third-order valence-electron chi connectivity index (χ3n) is 4.77. The molecule has 3 rings (SSSR count). The molecule has 0 unspecified atom stereocenters. The second-order valence-electron chi connectivity index (χ2n) is 6.93. The zero-order valence-corrected chi connectivity index (χ0v) is 18.0. The first-order chi connectivity index (χ1) is 14.3. The molecule has 164 valence electrons. The summed E-state index contributed by atoms with van der Waals surface area (Å²) >= 11 is 0. The molecule has 1 fully saturated rings. The molecule has 0 spiro atoms. The van der Waals surface area contributed by atoms with Crippen molar-refractivity contribution in [2.24, 2.45) is 5.92 Å². The van der Waals surface area contributed by atoms with Gasteiger partial charge in [0.1, 0.15) is 0 Å². The maximum absolute atomic E-state index is 12.5. The molecule has 30 heavy (non-hydrogen) atoms. The summed E-state index contributed by atoms with van der Waals surface area (Å²) in [5.41, 5.74) is 0. The lowest BCUT2D eigenvalue weighted by atomic mass is 9.86. The maximum Gasteiger partial charge on any atom is 0.290 e. The molecule has 2 aromatic rings. The molecule has 10 heteroatoms. The van der Waals surface area contributed by atoms with Crippen LogP contribution in [0.1, 0.15) is 25.7 Å². The summed E-state index contributed by atoms with van der Waals surface area (Å²) < 4.78 is 55.1. The molecule has 1 saturated carbocycles. The van der Waals surface area contributed by atoms with Crippen molar-refractivity contribution in [3.8, 4) is 0 Å². The standard InChI is InChI=1S/C19H24N2O4S2.CH2O2/c22-26(23,18-10-3-1-4-11-18)20-15-16-8-7-9-17(14-16)21-27(24,25)19-12-5-2-6-13-19;2-1-3/h1-6,10-13,16-17,20-21H,7-9,14-15H2;1H,(H,2,3)/t16-,17+;/m1./s1. The predicted molar refractivity (Wildman–Crippen MR) is 113 cm³/mol. The third kappa shape index (κ3) is 7.21. The highest BCUT2D eigenvalue weighted by Gasteiger charge is 2.27. The highest BCUT2D eigenvalue weighted by Crippen LogP contribution is 2.25. The summed E-state index contributed by atoms with van der Waals surface area (Å²) in [5, 5.41) is 6.89. The second-order valence-corrected chi connectivity index (χ2v) is 10.4. The van der Waals surface area contributed by atoms with Gasteiger partial charge in [0.15, 0.2) is 0 Å². The molecular weight excluding hydrogens is 428 g/mol. The highest BCUT2D eigenvalue weighted by molar-refractivity contribution is 7.89. The second kappa shape index (κ2) is 11.2. The van der Waals surface area contributed by atoms with Gasteiger partial charge in [0.2, 0.25) is 20.0 Å². The molecule has 8 nitrogen and oxygen atoms in total. The Balaban J connectivity index is 0.00000101. The lowest BCUT2D eigenvalue weighted by molar-refractivity contribution is -0.122. The van der Waals surface area contributed by atoms with Gasteiger partial charge in [-0.2, -0.15) is 0 Å². The van der Waals surface area contributed by atoms with Gasteiger partial charge in [-0.15, -0.1) is 0 Å². The van der Waals surface area contributed by atoms with Crippen LogP contribution in [0, 0.1) is 5.92 Å². The Hall–Kier alpha value is -2.27. The number of hydrogen-bond acceptors (Lipinski definition) is 5. The summed E-state index contributed by atoms with van der Waals surface area (Å²) in [4.78, 5) is 8.85. The lowest BCUT2D eigenvalue weighted by Crippen LogP contribution is -2.41. The number of benzene rings is 2. The quantitative estimate of drug-likeness (QED) is 0.550. The average molecular weight is 455 g/mol. The molecule has 0 radical (unpaired) electrons. The van der Waals surface area contributed by atoms with Crippen LogP contribution in [0.5, 0.6) is 0 Å². The minimum Gasteiger partial charge on any atom is -0.483 e. The molecule has 1 aliphatic rings. The molecule has 3 N–H and O–H groups in total. The molecule has 0 saturated heterocycles. The van der Waals surface area contributed by atoms with E-state index in [2.05, 4.69) is 9.44 Å². The SMILES string of the molecule is O=CO.O=S(=O)(NC[C@@H]1CCC[C@H](NS(=O)(=O)c2ccccc2)C1)c1ccccc1. The first-order valence-corrected chi connectivity index (χ1v) is 12.4. The van der Waals surface area contributed by atoms with E-state index in [-0.39, 0.29) is 28.2 Å². The number of sulfonamides is 2. The van der Waals surface area contributed by atoms with Gasteiger partial charge in [-0.1, -0.05) is 42.8 Å². The molecule has 1 aliphatic carbocycles. The zero-order chi connectivity index (χ0) is 22.0. The van der Waals surface area contributed by atoms with Crippen molar-refractivity contribution in [1.29, 1.82) is 0 Å². The number of nitrogens with one attached hydrogen (secondary N) is 2. The Labute approximate surface area is 177 Å². The Bertz CT molecular complexity index is 996. The Morgan fingerprint density at radius 3 is 1.90 bits per heavy atom. The first-order valence-electron chi connectivity index (χ1n) is 9.48. The summed E-state index contributed by atoms with van der Waals surface area (Å²) in [6.45, 7) is 0.0563. The van der Waals surface area contributed by atoms with Crippen molar-refractivity contribution < 1.29 is 26.7 Å². The minimum absolute atomic E-state index is 0.0979. The lowest BCUT2D eigenvalue weighted by Gasteiger charge is -2.29. The van der Waals surface area contributed by atoms with Gasteiger partial charge < -0.3 is 5.11 Å². The summed E-state index contributed by atoms with van der Waals surface area (Å²) in [6, 6.07) is 16.3. The first kappa shape index (κ1) is 24.0. The van der Waals surface area contributed by atoms with E-state index in [4.69, 9.17) is 9.90 Å². The molecule has 2 atom stereocenters. The minimum atomic E-state index is -3.56. The topological polar surface area (TPSA) is 130 Å². The van der Waals surface area contributed by atoms with Crippen LogP contribution in [-0.2, 0) is 24.8 Å². The van der Waals surface area contributed by atoms with Gasteiger partial charge in [0.05, 0.1) is 9.79 Å². The molecule has 0 aliphatic heterocycles. The monoisotopic (exact) mass is 454 g/mol. The fourth-order valence-corrected chi connectivity index (χ4v) is 5.82. The van der Waals surface area contributed by atoms with Crippen molar-refractivity contribution in [2.45, 2.75) is 41.5 Å². The van der Waals surface area contributed by atoms with Crippen LogP contribution in [0.3, 0.4) is 0 Å². The normalized spacial score (nSPS) is 19.3. The largest absolute Gasteiger partial charge is 0.483 e. The molecule has 0 heterocycles. The predicted octanol–water partition coefficient (Wildman–Crippen LogP) is 2.20. The molecule has 0 bridgehead atoms. The van der Waals surface area contributed by atoms with Gasteiger partial charge in [-0.25, -0.2) is 26.3 Å². The smallest absolute Gasteiger partial charge is 0.290 e. The number of carboxylic acid groups (broad SMARTS) is 1. The van der Waals surface area contributed by atoms with Crippen LogP contribution < -0.4 is 9.44 Å². The van der Waals surface area contributed by atoms with Crippen molar-refractivity contribution in [3.63, 3.8) is 0 Å². The van der Waals surface area contributed by atoms with Crippen molar-refractivity contribution >= 4 is 26.5 Å². The molecular formula is C20H26N2O6S2. The van der Waals surface area contributed by atoms with E-state index in [1.165, 1.54) is 0 Å². The van der Waals surface area contributed by atoms with Crippen LogP contribution in [0.15, 0.2) is 70.5 Å². The van der Waals surface area contributed by atoms with E-state index in [0.717, 1.165) is 19.3 Å². The molecule has 0 amide bonds. The highest BCUT2D eigenvalue weighted by atomic mass is 32.2. The van der Waals surface area contributed by atoms with E-state index in [1.807, 2.05) is 0 Å². The summed E-state index contributed by atoms with van der Waals surface area (Å²) in [7, 11) is -7.10. The van der Waals surface area contributed by atoms with Gasteiger partial charge in [0, 0.05) is 12.6 Å². The summed E-state index contributed by atoms with van der Waals surface area (Å²) in [5.74, 6) is 0.0979. The van der Waals surface area contributed by atoms with Gasteiger partial charge >= 0.3 is 0 Å². The molecule has 2 aromatic carbocycles. The van der Waals surface area contributed by atoms with Gasteiger partial charge in [0.25, 0.3) is 6.47 Å². The van der Waals surface area contributed by atoms with Crippen LogP contribution in [0.2, 0.25) is 0 Å². The van der Waals surface area contributed by atoms with Crippen molar-refractivity contribution in [2.75, 3.05) is 6.54 Å². The maximum atomic E-state index is 12.5. The fourth-order valence-electron chi connectivity index (χ4n) is 3.38. The van der Waals surface area contributed by atoms with Crippen LogP contribution in [0.25, 0.3) is 0 Å². The fraction of sp³-hybridized carbons (Fsp3) is 0.350. The Kier molecular flexibility index (Phi) is 8.97. The Morgan fingerprint density at radius 1 is 0.867 bits per heavy atom. The van der Waals surface area contributed by atoms with E-state index in [1.54, 1.807) is 60.7 Å². The van der Waals surface area contributed by atoms with E-state index in [9.17, 15) is 16.8 Å². The molecule has 0 aromatic heterocycles. The Morgan fingerprint density at radius 2 is 1.37 bits per heavy atom. The average Bonchev–Trinajstić information content (AvgIpc) is 2.74. The van der Waals surface area contributed by atoms with Crippen LogP contribution in [-0.4, -0.2) is 41.0 Å². The van der Waals surface area contributed by atoms with Gasteiger partial charge in [-0.05, 0) is 49.4 Å². The van der Waals surface area contributed by atoms with Crippen LogP contribution in [0.4, 0.5) is 0 Å². The van der Waals surface area contributed by atoms with Crippen LogP contribution >= 0.6 is 0 Å². The third-order valence-corrected chi connectivity index (χ3v) is 7.75. The summed E-state index contributed by atoms with van der Waals surface area (Å²) in [6.07, 6.45) is 3.11. The van der Waals surface area contributed by atoms with E-state index >= 15 is 0 Å². The van der Waals surface area contributed by atoms with Gasteiger partial charge in [-0.3, -0.25) is 4.79 Å². The van der Waals surface area contributed by atoms with Crippen molar-refractivity contribution in [3.05, 3.63) is 60.7 Å². The van der Waals surface area contributed by atoms with E-state index in [0.29, 0.717) is 13.0 Å². The number of carbonyl (C=O) groups is 1. The zero-order valence-electron chi connectivity index (χ0n) is 16.3. The van der Waals surface area contributed by atoms with Crippen molar-refractivity contribution in [1.82, 2.24) is 9.44 Å². The number of rotatable bonds is 7.